The van der Waals surface area contributed by atoms with Crippen LogP contribution in [0.15, 0.2) is 187 Å². The Hall–Kier alpha value is -6.46. The molecule has 6 rings (SSSR count). The lowest BCUT2D eigenvalue weighted by Gasteiger charge is -2.24. The monoisotopic (exact) mass is 1300 g/mol. The van der Waals surface area contributed by atoms with E-state index in [-0.39, 0.29) is 31.7 Å². The first-order valence-corrected chi connectivity index (χ1v) is 28.6. The largest absolute Gasteiger partial charge is 0.391 e. The number of halogens is 2. The number of para-hydroxylation sites is 6. The van der Waals surface area contributed by atoms with Crippen molar-refractivity contribution in [2.45, 2.75) is 37.0 Å². The molecule has 0 aromatic heterocycles. The molecule has 19 nitrogen and oxygen atoms in total. The van der Waals surface area contributed by atoms with Crippen molar-refractivity contribution in [2.24, 2.45) is 22.5 Å². The zero-order valence-electron chi connectivity index (χ0n) is 47.5. The van der Waals surface area contributed by atoms with Crippen LogP contribution in [-0.4, -0.2) is 144 Å². The summed E-state index contributed by atoms with van der Waals surface area (Å²) in [5.41, 5.74) is 5.67. The zero-order valence-corrected chi connectivity index (χ0v) is 53.9. The number of nitrogens with zero attached hydrogens (tertiary/aromatic N) is 5. The van der Waals surface area contributed by atoms with Crippen molar-refractivity contribution in [3.8, 4) is 0 Å². The van der Waals surface area contributed by atoms with Gasteiger partial charge < -0.3 is 57.0 Å². The van der Waals surface area contributed by atoms with Crippen LogP contribution in [0.5, 0.6) is 0 Å². The third-order valence-electron chi connectivity index (χ3n) is 9.48. The summed E-state index contributed by atoms with van der Waals surface area (Å²) in [5, 5.41) is 52.6. The number of likely N-dealkylation sites (N-methyl/N-ethyl adjacent to an activating group) is 2. The number of benzene rings is 6. The van der Waals surface area contributed by atoms with Crippen LogP contribution in [0.25, 0.3) is 0 Å². The van der Waals surface area contributed by atoms with Gasteiger partial charge >= 0.3 is 0 Å². The first-order chi connectivity index (χ1) is 40.0. The summed E-state index contributed by atoms with van der Waals surface area (Å²) in [6.07, 6.45) is -0.799. The van der Waals surface area contributed by atoms with Crippen molar-refractivity contribution in [3.63, 3.8) is 0 Å². The molecule has 0 amide bonds. The number of aliphatic imine (C=N–C) groups is 1. The number of hydrogen-bond acceptors (Lipinski definition) is 15. The second-order valence-corrected chi connectivity index (χ2v) is 20.0. The third-order valence-corrected chi connectivity index (χ3v) is 11.8. The Balaban J connectivity index is 0.00000105. The lowest BCUT2D eigenvalue weighted by Crippen LogP contribution is -2.40. The Morgan fingerprint density at radius 1 is 0.548 bits per heavy atom. The highest BCUT2D eigenvalue weighted by Crippen LogP contribution is 2.11. The molecule has 0 unspecified atom stereocenters. The Labute approximate surface area is 536 Å². The van der Waals surface area contributed by atoms with Gasteiger partial charge in [0.15, 0.2) is 31.3 Å². The Kier molecular flexibility index (Phi) is 45.1. The van der Waals surface area contributed by atoms with Gasteiger partial charge in [-0.05, 0) is 160 Å². The van der Waals surface area contributed by atoms with E-state index in [1.165, 1.54) is 10.0 Å². The molecule has 0 radical (unpaired) electrons. The van der Waals surface area contributed by atoms with Crippen LogP contribution in [0.3, 0.4) is 0 Å². The molecule has 0 saturated carbocycles. The van der Waals surface area contributed by atoms with Crippen LogP contribution >= 0.6 is 96.5 Å². The van der Waals surface area contributed by atoms with Crippen molar-refractivity contribution in [1.82, 2.24) is 30.6 Å². The maximum atomic E-state index is 12.3. The van der Waals surface area contributed by atoms with E-state index >= 15 is 0 Å². The lowest BCUT2D eigenvalue weighted by molar-refractivity contribution is -0.121. The number of ketones is 1. The van der Waals surface area contributed by atoms with E-state index < -0.39 is 17.2 Å². The number of nitrogens with two attached hydrogens (primary N) is 3. The SMILES string of the molecule is CCNC(=S)Nc1ccccc1.CN(CC(=O)C[C@H](O)CN(C)C(=S)Nc1ccccc1)C(=S)Nc1ccccc1.CN(N)C(=S)Nc1ccccc1.CN(N)C(=S)Nc1ccccc1.CNN.O[C@H](Cl)C[C@@H](O)Cl.S=C=Nc1ccccc1. The predicted molar refractivity (Wildman–Crippen MR) is 374 cm³/mol. The Morgan fingerprint density at radius 2 is 0.845 bits per heavy atom. The third kappa shape index (κ3) is 42.4. The van der Waals surface area contributed by atoms with Crippen LogP contribution in [-0.2, 0) is 4.79 Å². The van der Waals surface area contributed by atoms with Gasteiger partial charge in [-0.1, -0.05) is 132 Å². The van der Waals surface area contributed by atoms with Crippen LogP contribution < -0.4 is 54.9 Å². The van der Waals surface area contributed by atoms with Gasteiger partial charge in [-0.25, -0.2) is 11.7 Å². The van der Waals surface area contributed by atoms with Gasteiger partial charge in [-0.15, -0.1) is 0 Å². The topological polar surface area (TPSA) is 265 Å². The van der Waals surface area contributed by atoms with Crippen LogP contribution in [0, 0.1) is 0 Å². The Morgan fingerprint density at radius 3 is 1.13 bits per heavy atom. The molecular weight excluding hydrogens is 1220 g/mol. The molecular formula is C57H77Cl2N15O4S6. The number of hydrazine groups is 3. The molecule has 0 fully saturated rings. The van der Waals surface area contributed by atoms with E-state index in [0.29, 0.717) is 25.6 Å². The fraction of sp³-hybridized carbons (Fsp3) is 0.246. The first-order valence-electron chi connectivity index (χ1n) is 25.3. The average molecular weight is 1300 g/mol. The van der Waals surface area contributed by atoms with Crippen LogP contribution in [0.2, 0.25) is 0 Å². The molecule has 0 aliphatic carbocycles. The minimum Gasteiger partial charge on any atom is -0.391 e. The normalized spacial score (nSPS) is 10.5. The van der Waals surface area contributed by atoms with Gasteiger partial charge in [-0.3, -0.25) is 26.1 Å². The van der Waals surface area contributed by atoms with E-state index in [1.54, 1.807) is 45.0 Å². The molecule has 0 heterocycles. The predicted octanol–water partition coefficient (Wildman–Crippen LogP) is 9.33. The van der Waals surface area contributed by atoms with Gasteiger partial charge in [0.25, 0.3) is 0 Å². The molecule has 16 N–H and O–H groups in total. The van der Waals surface area contributed by atoms with Crippen LogP contribution in [0.1, 0.15) is 19.8 Å². The summed E-state index contributed by atoms with van der Waals surface area (Å²) in [7, 11) is 8.56. The minimum absolute atomic E-state index is 0.00309. The van der Waals surface area contributed by atoms with Gasteiger partial charge in [0, 0.05) is 82.6 Å². The van der Waals surface area contributed by atoms with Crippen molar-refractivity contribution < 1.29 is 20.1 Å². The standard InChI is InChI=1S/C21H26N4O2S2.C9H12N2S.2C8H11N3S.C7H5NS.C3H6Cl2O2.CH6N2/c1-24(20(28)22-16-9-5-3-6-10-16)14-18(26)13-19(27)15-25(2)21(29)23-17-11-7-4-8-12-17;1-2-10-9(12)11-8-6-4-3-5-7-8;2*1-11(9)8(12)10-7-5-3-2-4-6-7;9-6-8-7-4-2-1-3-5-7;4-2(6)1-3(5)7;1-3-2/h3-12,18,26H,13-15H2,1-2H3,(H,22,28)(H,23,29);3-7H,2H2,1H3,(H2,10,11,12);2*2-6H,9H2,1H3,(H,10,12);1-5H;2-3,6-7H,1H2;3H,2H2,1H3/t18-;;;;;2-,3+;/m0....../s1. The number of carbonyl (C=O) groups is 1. The van der Waals surface area contributed by atoms with Gasteiger partial charge in [0.2, 0.25) is 0 Å². The first kappa shape index (κ1) is 77.5. The lowest BCUT2D eigenvalue weighted by atomic mass is 10.1. The summed E-state index contributed by atoms with van der Waals surface area (Å²) in [5.74, 6) is 15.3. The van der Waals surface area contributed by atoms with E-state index in [2.05, 4.69) is 65.5 Å². The van der Waals surface area contributed by atoms with E-state index in [0.717, 1.165) is 40.7 Å². The van der Waals surface area contributed by atoms with Crippen molar-refractivity contribution >= 4 is 167 Å². The number of rotatable bonds is 15. The Bertz CT molecular complexity index is 2710. The number of Topliss-reactive ketones (excluding diaryl/α,β-unsaturated/α-hetero) is 1. The van der Waals surface area contributed by atoms with Gasteiger partial charge in [0.05, 0.1) is 23.5 Å². The highest BCUT2D eigenvalue weighted by Gasteiger charge is 2.17. The summed E-state index contributed by atoms with van der Waals surface area (Å²) in [6, 6.07) is 57.8. The maximum Gasteiger partial charge on any atom is 0.187 e. The highest BCUT2D eigenvalue weighted by molar-refractivity contribution is 7.81. The summed E-state index contributed by atoms with van der Waals surface area (Å²) in [4.78, 5) is 19.4. The number of alkyl halides is 2. The van der Waals surface area contributed by atoms with E-state index in [9.17, 15) is 9.90 Å². The average Bonchev–Trinajstić information content (AvgIpc) is 3.51. The number of hydrogen-bond donors (Lipinski definition) is 13. The molecule has 454 valence electrons. The summed E-state index contributed by atoms with van der Waals surface area (Å²) in [6.45, 7) is 3.23. The number of aliphatic hydroxyl groups is 3. The molecule has 0 spiro atoms. The van der Waals surface area contributed by atoms with Gasteiger partial charge in [-0.2, -0.15) is 4.99 Å². The molecule has 0 saturated heterocycles. The maximum absolute atomic E-state index is 12.3. The summed E-state index contributed by atoms with van der Waals surface area (Å²) >= 11 is 40.0. The summed E-state index contributed by atoms with van der Waals surface area (Å²) < 4.78 is 0. The van der Waals surface area contributed by atoms with E-state index in [4.69, 9.17) is 106 Å². The van der Waals surface area contributed by atoms with E-state index in [1.807, 2.05) is 189 Å². The van der Waals surface area contributed by atoms with Crippen molar-refractivity contribution in [2.75, 3.05) is 81.5 Å². The molecule has 0 bridgehead atoms. The zero-order chi connectivity index (χ0) is 63.1. The van der Waals surface area contributed by atoms with Crippen molar-refractivity contribution in [3.05, 3.63) is 182 Å². The fourth-order valence-electron chi connectivity index (χ4n) is 5.65. The quantitative estimate of drug-likeness (QED) is 0.0150. The second kappa shape index (κ2) is 48.9. The second-order valence-electron chi connectivity index (χ2n) is 16.8. The highest BCUT2D eigenvalue weighted by atomic mass is 35.5. The number of aliphatic hydroxyl groups excluding tert-OH is 3. The molecule has 84 heavy (non-hydrogen) atoms. The van der Waals surface area contributed by atoms with Gasteiger partial charge in [0.1, 0.15) is 11.1 Å². The fourth-order valence-corrected chi connectivity index (χ4v) is 7.05. The van der Waals surface area contributed by atoms with Crippen molar-refractivity contribution in [1.29, 1.82) is 0 Å². The smallest absolute Gasteiger partial charge is 0.187 e. The number of thiocarbonyl (C=S) groups is 6. The molecule has 6 aromatic rings. The molecule has 0 aliphatic rings. The minimum atomic E-state index is -1.03. The number of anilines is 5. The molecule has 0 aliphatic heterocycles. The number of carbonyl (C=O) groups excluding carboxylic acids is 1. The molecule has 6 aromatic carbocycles. The number of nitrogens with one attached hydrogen (secondary N) is 7. The molecule has 27 heteroatoms. The molecule has 3 atom stereocenters. The van der Waals surface area contributed by atoms with Crippen LogP contribution in [0.4, 0.5) is 34.1 Å². The number of isothiocyanates is 1.